The number of hydrogen-bond donors (Lipinski definition) is 2. The second-order valence-electron chi connectivity index (χ2n) is 6.70. The van der Waals surface area contributed by atoms with Crippen molar-refractivity contribution in [2.45, 2.75) is 64.3 Å². The van der Waals surface area contributed by atoms with Crippen molar-refractivity contribution in [3.8, 4) is 0 Å². The Morgan fingerprint density at radius 2 is 2.00 bits per heavy atom. The largest absolute Gasteiger partial charge is 0.481 e. The van der Waals surface area contributed by atoms with Gasteiger partial charge in [-0.2, -0.15) is 0 Å². The number of hydrogen-bond acceptors (Lipinski definition) is 3. The number of carbonyl (C=O) groups excluding carboxylic acids is 1. The SMILES string of the molecule is CCCC1(C(=O)O)CCN(CC(=O)NC2CCCCC2)C1. The molecule has 5 heteroatoms. The third kappa shape index (κ3) is 4.19. The highest BCUT2D eigenvalue weighted by molar-refractivity contribution is 5.79. The van der Waals surface area contributed by atoms with E-state index in [1.165, 1.54) is 19.3 Å². The number of carboxylic acid groups (broad SMARTS) is 1. The lowest BCUT2D eigenvalue weighted by Gasteiger charge is -2.26. The summed E-state index contributed by atoms with van der Waals surface area (Å²) >= 11 is 0. The Balaban J connectivity index is 1.81. The van der Waals surface area contributed by atoms with Gasteiger partial charge in [-0.1, -0.05) is 32.6 Å². The zero-order chi connectivity index (χ0) is 15.3. The molecule has 0 aromatic rings. The van der Waals surface area contributed by atoms with Gasteiger partial charge in [0.2, 0.25) is 5.91 Å². The summed E-state index contributed by atoms with van der Waals surface area (Å²) in [6.45, 7) is 3.58. The second-order valence-corrected chi connectivity index (χ2v) is 6.70. The van der Waals surface area contributed by atoms with Crippen LogP contribution in [0.5, 0.6) is 0 Å². The van der Waals surface area contributed by atoms with Gasteiger partial charge in [0.1, 0.15) is 0 Å². The molecule has 1 amide bonds. The molecule has 1 saturated carbocycles. The number of carboxylic acids is 1. The number of nitrogens with one attached hydrogen (secondary N) is 1. The Labute approximate surface area is 127 Å². The molecule has 1 unspecified atom stereocenters. The van der Waals surface area contributed by atoms with Gasteiger partial charge in [0.25, 0.3) is 0 Å². The number of rotatable bonds is 6. The molecule has 5 nitrogen and oxygen atoms in total. The molecule has 1 saturated heterocycles. The van der Waals surface area contributed by atoms with Crippen LogP contribution in [0.2, 0.25) is 0 Å². The molecule has 0 aromatic carbocycles. The number of nitrogens with zero attached hydrogens (tertiary/aromatic N) is 1. The quantitative estimate of drug-likeness (QED) is 0.786. The van der Waals surface area contributed by atoms with Gasteiger partial charge < -0.3 is 10.4 Å². The second kappa shape index (κ2) is 7.25. The minimum Gasteiger partial charge on any atom is -0.481 e. The smallest absolute Gasteiger partial charge is 0.310 e. The summed E-state index contributed by atoms with van der Waals surface area (Å²) in [6.07, 6.45) is 8.07. The summed E-state index contributed by atoms with van der Waals surface area (Å²) in [6, 6.07) is 0.328. The minimum absolute atomic E-state index is 0.0552. The van der Waals surface area contributed by atoms with Crippen molar-refractivity contribution in [1.82, 2.24) is 10.2 Å². The highest BCUT2D eigenvalue weighted by Crippen LogP contribution is 2.35. The van der Waals surface area contributed by atoms with Crippen LogP contribution in [-0.4, -0.2) is 47.6 Å². The first kappa shape index (κ1) is 16.3. The average molecular weight is 296 g/mol. The lowest BCUT2D eigenvalue weighted by Crippen LogP contribution is -2.43. The van der Waals surface area contributed by atoms with Crippen LogP contribution < -0.4 is 5.32 Å². The summed E-state index contributed by atoms with van der Waals surface area (Å²) in [5.41, 5.74) is -0.639. The Hall–Kier alpha value is -1.10. The van der Waals surface area contributed by atoms with E-state index in [1.807, 2.05) is 11.8 Å². The Morgan fingerprint density at radius 1 is 1.29 bits per heavy atom. The standard InChI is InChI=1S/C16H28N2O3/c1-2-8-16(15(20)21)9-10-18(12-16)11-14(19)17-13-6-4-3-5-7-13/h13H,2-12H2,1H3,(H,17,19)(H,20,21). The maximum atomic E-state index is 12.1. The van der Waals surface area contributed by atoms with Crippen LogP contribution in [0.1, 0.15) is 58.3 Å². The zero-order valence-electron chi connectivity index (χ0n) is 13.1. The molecule has 120 valence electrons. The molecule has 0 radical (unpaired) electrons. The van der Waals surface area contributed by atoms with Gasteiger partial charge in [0.15, 0.2) is 0 Å². The van der Waals surface area contributed by atoms with Crippen molar-refractivity contribution < 1.29 is 14.7 Å². The molecule has 0 aromatic heterocycles. The van der Waals surface area contributed by atoms with Crippen LogP contribution in [-0.2, 0) is 9.59 Å². The molecule has 21 heavy (non-hydrogen) atoms. The molecular weight excluding hydrogens is 268 g/mol. The van der Waals surface area contributed by atoms with Gasteiger partial charge in [-0.3, -0.25) is 14.5 Å². The number of likely N-dealkylation sites (tertiary alicyclic amines) is 1. The summed E-state index contributed by atoms with van der Waals surface area (Å²) in [7, 11) is 0. The van der Waals surface area contributed by atoms with Crippen LogP contribution in [0.4, 0.5) is 0 Å². The van der Waals surface area contributed by atoms with E-state index in [4.69, 9.17) is 0 Å². The molecule has 1 atom stereocenters. The first-order chi connectivity index (χ1) is 10.1. The fraction of sp³-hybridized carbons (Fsp3) is 0.875. The van der Waals surface area contributed by atoms with Gasteiger partial charge >= 0.3 is 5.97 Å². The highest BCUT2D eigenvalue weighted by Gasteiger charge is 2.44. The average Bonchev–Trinajstić information content (AvgIpc) is 2.84. The minimum atomic E-state index is -0.709. The monoisotopic (exact) mass is 296 g/mol. The van der Waals surface area contributed by atoms with Gasteiger partial charge in [-0.05, 0) is 32.2 Å². The zero-order valence-corrected chi connectivity index (χ0v) is 13.1. The number of carbonyl (C=O) groups is 2. The number of aliphatic carboxylic acids is 1. The molecule has 2 rings (SSSR count). The predicted molar refractivity (Wildman–Crippen MR) is 81.0 cm³/mol. The third-order valence-corrected chi connectivity index (χ3v) is 4.95. The maximum Gasteiger partial charge on any atom is 0.310 e. The molecule has 2 aliphatic rings. The van der Waals surface area contributed by atoms with E-state index in [0.29, 0.717) is 38.5 Å². The Bertz CT molecular complexity index is 380. The summed E-state index contributed by atoms with van der Waals surface area (Å²) in [5, 5.41) is 12.6. The molecule has 1 aliphatic carbocycles. The normalized spacial score (nSPS) is 27.7. The highest BCUT2D eigenvalue weighted by atomic mass is 16.4. The van der Waals surface area contributed by atoms with Crippen molar-refractivity contribution in [2.75, 3.05) is 19.6 Å². The van der Waals surface area contributed by atoms with Crippen molar-refractivity contribution in [3.05, 3.63) is 0 Å². The van der Waals surface area contributed by atoms with E-state index in [0.717, 1.165) is 19.3 Å². The third-order valence-electron chi connectivity index (χ3n) is 4.95. The van der Waals surface area contributed by atoms with E-state index in [1.54, 1.807) is 0 Å². The topological polar surface area (TPSA) is 69.6 Å². The van der Waals surface area contributed by atoms with Crippen molar-refractivity contribution in [1.29, 1.82) is 0 Å². The fourth-order valence-electron chi connectivity index (χ4n) is 3.78. The fourth-order valence-corrected chi connectivity index (χ4v) is 3.78. The van der Waals surface area contributed by atoms with E-state index >= 15 is 0 Å². The maximum absolute atomic E-state index is 12.1. The van der Waals surface area contributed by atoms with Gasteiger partial charge in [-0.15, -0.1) is 0 Å². The van der Waals surface area contributed by atoms with E-state index < -0.39 is 11.4 Å². The lowest BCUT2D eigenvalue weighted by atomic mass is 9.83. The van der Waals surface area contributed by atoms with Gasteiger partial charge in [0.05, 0.1) is 12.0 Å². The van der Waals surface area contributed by atoms with Gasteiger partial charge in [-0.25, -0.2) is 0 Å². The molecule has 2 fully saturated rings. The Kier molecular flexibility index (Phi) is 5.62. The van der Waals surface area contributed by atoms with Crippen molar-refractivity contribution in [2.24, 2.45) is 5.41 Å². The predicted octanol–water partition coefficient (Wildman–Crippen LogP) is 2.01. The van der Waals surface area contributed by atoms with Crippen LogP contribution in [0.25, 0.3) is 0 Å². The van der Waals surface area contributed by atoms with Crippen LogP contribution in [0.3, 0.4) is 0 Å². The first-order valence-corrected chi connectivity index (χ1v) is 8.31. The van der Waals surface area contributed by atoms with Crippen LogP contribution in [0, 0.1) is 5.41 Å². The molecule has 1 heterocycles. The van der Waals surface area contributed by atoms with Crippen LogP contribution in [0.15, 0.2) is 0 Å². The molecule has 1 aliphatic heterocycles. The van der Waals surface area contributed by atoms with Crippen molar-refractivity contribution >= 4 is 11.9 Å². The summed E-state index contributed by atoms with van der Waals surface area (Å²) in [4.78, 5) is 25.6. The molecule has 0 spiro atoms. The Morgan fingerprint density at radius 3 is 2.62 bits per heavy atom. The first-order valence-electron chi connectivity index (χ1n) is 8.31. The van der Waals surface area contributed by atoms with E-state index in [-0.39, 0.29) is 5.91 Å². The number of amides is 1. The molecule has 2 N–H and O–H groups in total. The van der Waals surface area contributed by atoms with E-state index in [2.05, 4.69) is 5.32 Å². The summed E-state index contributed by atoms with van der Waals surface area (Å²) < 4.78 is 0. The van der Waals surface area contributed by atoms with Crippen molar-refractivity contribution in [3.63, 3.8) is 0 Å². The molecular formula is C16H28N2O3. The van der Waals surface area contributed by atoms with Gasteiger partial charge in [0, 0.05) is 12.6 Å². The van der Waals surface area contributed by atoms with E-state index in [9.17, 15) is 14.7 Å². The lowest BCUT2D eigenvalue weighted by molar-refractivity contribution is -0.148. The summed E-state index contributed by atoms with van der Waals surface area (Å²) in [5.74, 6) is -0.654. The molecule has 0 bridgehead atoms. The van der Waals surface area contributed by atoms with Crippen LogP contribution >= 0.6 is 0 Å².